The summed E-state index contributed by atoms with van der Waals surface area (Å²) in [6.45, 7) is 5.09. The van der Waals surface area contributed by atoms with E-state index in [1.165, 1.54) is 7.11 Å². The van der Waals surface area contributed by atoms with Crippen LogP contribution in [-0.2, 0) is 20.8 Å². The first-order valence-electron chi connectivity index (χ1n) is 7.01. The number of ether oxygens (including phenoxy) is 3. The largest absolute Gasteiger partial charge is 0.465 e. The highest BCUT2D eigenvalue weighted by molar-refractivity contribution is 5.89. The van der Waals surface area contributed by atoms with E-state index in [2.05, 4.69) is 11.8 Å². The molecule has 0 spiro atoms. The van der Waals surface area contributed by atoms with Gasteiger partial charge in [0.25, 0.3) is 0 Å². The van der Waals surface area contributed by atoms with Crippen molar-refractivity contribution in [2.24, 2.45) is 0 Å². The summed E-state index contributed by atoms with van der Waals surface area (Å²) in [4.78, 5) is 13.7. The first kappa shape index (κ1) is 17.6. The van der Waals surface area contributed by atoms with Gasteiger partial charge in [0.15, 0.2) is 0 Å². The van der Waals surface area contributed by atoms with Gasteiger partial charge >= 0.3 is 5.97 Å². The van der Waals surface area contributed by atoms with Gasteiger partial charge in [0.2, 0.25) is 0 Å². The van der Waals surface area contributed by atoms with Crippen LogP contribution in [-0.4, -0.2) is 58.0 Å². The molecule has 0 amide bonds. The fourth-order valence-corrected chi connectivity index (χ4v) is 2.11. The van der Waals surface area contributed by atoms with E-state index < -0.39 is 0 Å². The van der Waals surface area contributed by atoms with E-state index >= 15 is 0 Å². The molecule has 118 valence electrons. The first-order chi connectivity index (χ1) is 10.1. The van der Waals surface area contributed by atoms with Crippen LogP contribution in [0.15, 0.2) is 24.3 Å². The van der Waals surface area contributed by atoms with Gasteiger partial charge in [-0.25, -0.2) is 4.79 Å². The second-order valence-corrected chi connectivity index (χ2v) is 4.96. The van der Waals surface area contributed by atoms with Crippen molar-refractivity contribution in [2.45, 2.75) is 19.5 Å². The van der Waals surface area contributed by atoms with E-state index in [4.69, 9.17) is 14.2 Å². The molecule has 0 N–H and O–H groups in total. The van der Waals surface area contributed by atoms with E-state index in [0.717, 1.165) is 18.7 Å². The Kier molecular flexibility index (Phi) is 7.97. The Labute approximate surface area is 126 Å². The zero-order valence-electron chi connectivity index (χ0n) is 13.3. The van der Waals surface area contributed by atoms with Gasteiger partial charge in [-0.1, -0.05) is 12.1 Å². The van der Waals surface area contributed by atoms with E-state index in [-0.39, 0.29) is 5.97 Å². The number of methoxy groups -OCH3 is 3. The summed E-state index contributed by atoms with van der Waals surface area (Å²) < 4.78 is 15.1. The zero-order chi connectivity index (χ0) is 15.7. The number of rotatable bonds is 9. The van der Waals surface area contributed by atoms with Crippen molar-refractivity contribution in [3.8, 4) is 0 Å². The third kappa shape index (κ3) is 5.83. The molecule has 0 aromatic heterocycles. The van der Waals surface area contributed by atoms with Gasteiger partial charge in [0.05, 0.1) is 25.9 Å². The monoisotopic (exact) mass is 295 g/mol. The van der Waals surface area contributed by atoms with Crippen molar-refractivity contribution in [3.05, 3.63) is 35.4 Å². The predicted octanol–water partition coefficient (Wildman–Crippen LogP) is 1.96. The minimum Gasteiger partial charge on any atom is -0.465 e. The number of esters is 1. The Morgan fingerprint density at radius 3 is 2.33 bits per heavy atom. The minimum absolute atomic E-state index is 0.297. The molecule has 21 heavy (non-hydrogen) atoms. The lowest BCUT2D eigenvalue weighted by Gasteiger charge is -2.28. The minimum atomic E-state index is -0.314. The third-order valence-electron chi connectivity index (χ3n) is 3.37. The van der Waals surface area contributed by atoms with Gasteiger partial charge < -0.3 is 14.2 Å². The summed E-state index contributed by atoms with van der Waals surface area (Å²) in [5.74, 6) is -0.314. The van der Waals surface area contributed by atoms with E-state index in [9.17, 15) is 4.79 Å². The highest BCUT2D eigenvalue weighted by Crippen LogP contribution is 2.11. The van der Waals surface area contributed by atoms with Crippen LogP contribution in [0.25, 0.3) is 0 Å². The van der Waals surface area contributed by atoms with E-state index in [1.807, 2.05) is 12.1 Å². The molecule has 5 nitrogen and oxygen atoms in total. The van der Waals surface area contributed by atoms with Gasteiger partial charge in [-0.05, 0) is 24.6 Å². The van der Waals surface area contributed by atoms with Crippen LogP contribution >= 0.6 is 0 Å². The normalized spacial score (nSPS) is 12.4. The highest BCUT2D eigenvalue weighted by Gasteiger charge is 2.14. The Morgan fingerprint density at radius 2 is 1.81 bits per heavy atom. The molecule has 0 aliphatic heterocycles. The molecule has 1 unspecified atom stereocenters. The summed E-state index contributed by atoms with van der Waals surface area (Å²) in [7, 11) is 4.79. The molecule has 0 aliphatic rings. The Hall–Kier alpha value is -1.43. The molecule has 1 atom stereocenters. The van der Waals surface area contributed by atoms with Gasteiger partial charge in [-0.3, -0.25) is 4.90 Å². The fraction of sp³-hybridized carbons (Fsp3) is 0.562. The average Bonchev–Trinajstić information content (AvgIpc) is 2.51. The highest BCUT2D eigenvalue weighted by atomic mass is 16.5. The second kappa shape index (κ2) is 9.50. The molecular weight excluding hydrogens is 270 g/mol. The topological polar surface area (TPSA) is 48.0 Å². The van der Waals surface area contributed by atoms with Crippen LogP contribution in [0.1, 0.15) is 22.8 Å². The van der Waals surface area contributed by atoms with Crippen molar-refractivity contribution in [1.82, 2.24) is 4.90 Å². The lowest BCUT2D eigenvalue weighted by molar-refractivity contribution is 0.0600. The van der Waals surface area contributed by atoms with Crippen LogP contribution in [0.4, 0.5) is 0 Å². The summed E-state index contributed by atoms with van der Waals surface area (Å²) >= 11 is 0. The number of carbonyl (C=O) groups excluding carboxylic acids is 1. The van der Waals surface area contributed by atoms with Gasteiger partial charge in [0, 0.05) is 33.4 Å². The Bertz CT molecular complexity index is 419. The molecule has 0 bridgehead atoms. The van der Waals surface area contributed by atoms with E-state index in [1.54, 1.807) is 26.4 Å². The molecule has 0 heterocycles. The Balaban J connectivity index is 2.70. The smallest absolute Gasteiger partial charge is 0.337 e. The molecule has 1 aromatic carbocycles. The first-order valence-corrected chi connectivity index (χ1v) is 7.01. The number of hydrogen-bond acceptors (Lipinski definition) is 5. The molecule has 5 heteroatoms. The van der Waals surface area contributed by atoms with Crippen molar-refractivity contribution >= 4 is 5.97 Å². The van der Waals surface area contributed by atoms with Crippen LogP contribution < -0.4 is 0 Å². The lowest BCUT2D eigenvalue weighted by atomic mass is 10.1. The van der Waals surface area contributed by atoms with Crippen LogP contribution in [0.5, 0.6) is 0 Å². The lowest BCUT2D eigenvalue weighted by Crippen LogP contribution is -2.38. The van der Waals surface area contributed by atoms with Crippen LogP contribution in [0.2, 0.25) is 0 Å². The van der Waals surface area contributed by atoms with Crippen LogP contribution in [0.3, 0.4) is 0 Å². The van der Waals surface area contributed by atoms with Crippen molar-refractivity contribution in [3.63, 3.8) is 0 Å². The summed E-state index contributed by atoms with van der Waals surface area (Å²) in [5, 5.41) is 0. The zero-order valence-corrected chi connectivity index (χ0v) is 13.3. The molecule has 0 aliphatic carbocycles. The number of nitrogens with zero attached hydrogens (tertiary/aromatic N) is 1. The maximum Gasteiger partial charge on any atom is 0.337 e. The maximum atomic E-state index is 11.4. The molecule has 0 saturated carbocycles. The van der Waals surface area contributed by atoms with Crippen molar-refractivity contribution in [1.29, 1.82) is 0 Å². The molecule has 0 fully saturated rings. The van der Waals surface area contributed by atoms with Crippen molar-refractivity contribution in [2.75, 3.05) is 41.1 Å². The van der Waals surface area contributed by atoms with Crippen molar-refractivity contribution < 1.29 is 19.0 Å². The van der Waals surface area contributed by atoms with E-state index in [0.29, 0.717) is 24.8 Å². The second-order valence-electron chi connectivity index (χ2n) is 4.96. The number of benzene rings is 1. The van der Waals surface area contributed by atoms with Gasteiger partial charge in [0.1, 0.15) is 0 Å². The number of carbonyl (C=O) groups is 1. The third-order valence-corrected chi connectivity index (χ3v) is 3.37. The standard InChI is InChI=1S/C16H25NO4/c1-13(12-20-3)17(9-10-19-2)11-14-5-7-15(8-6-14)16(18)21-4/h5-8,13H,9-12H2,1-4H3. The molecule has 1 aromatic rings. The summed E-state index contributed by atoms with van der Waals surface area (Å²) in [6, 6.07) is 7.77. The molecule has 0 radical (unpaired) electrons. The summed E-state index contributed by atoms with van der Waals surface area (Å²) in [6.07, 6.45) is 0. The maximum absolute atomic E-state index is 11.4. The molecular formula is C16H25NO4. The molecule has 1 rings (SSSR count). The summed E-state index contributed by atoms with van der Waals surface area (Å²) in [5.41, 5.74) is 1.70. The SMILES string of the molecule is COCCN(Cc1ccc(C(=O)OC)cc1)C(C)COC. The fourth-order valence-electron chi connectivity index (χ4n) is 2.11. The van der Waals surface area contributed by atoms with Gasteiger partial charge in [-0.15, -0.1) is 0 Å². The van der Waals surface area contributed by atoms with Crippen LogP contribution in [0, 0.1) is 0 Å². The quantitative estimate of drug-likeness (QED) is 0.652. The molecule has 0 saturated heterocycles. The Morgan fingerprint density at radius 1 is 1.14 bits per heavy atom. The predicted molar refractivity (Wildman–Crippen MR) is 81.4 cm³/mol. The number of hydrogen-bond donors (Lipinski definition) is 0. The van der Waals surface area contributed by atoms with Gasteiger partial charge in [-0.2, -0.15) is 0 Å². The average molecular weight is 295 g/mol.